The number of aryl methyl sites for hydroxylation is 1. The van der Waals surface area contributed by atoms with Crippen LogP contribution in [-0.2, 0) is 4.74 Å². The number of ether oxygens (including phenoxy) is 2. The summed E-state index contributed by atoms with van der Waals surface area (Å²) >= 11 is 9.99. The Morgan fingerprint density at radius 3 is 2.80 bits per heavy atom. The molecule has 0 N–H and O–H groups in total. The molecule has 0 aliphatic carbocycles. The lowest BCUT2D eigenvalue weighted by Crippen LogP contribution is -2.08. The molecule has 1 aromatic rings. The molecule has 2 nitrogen and oxygen atoms in total. The van der Waals surface area contributed by atoms with E-state index in [0.717, 1.165) is 11.3 Å². The molecule has 0 atom stereocenters. The highest BCUT2D eigenvalue weighted by molar-refractivity contribution is 7.80. The smallest absolute Gasteiger partial charge is 0.138 e. The predicted molar refractivity (Wildman–Crippen MR) is 66.4 cm³/mol. The minimum atomic E-state index is 0.511. The van der Waals surface area contributed by atoms with Gasteiger partial charge in [0, 0.05) is 5.75 Å². The maximum absolute atomic E-state index is 5.96. The van der Waals surface area contributed by atoms with Gasteiger partial charge >= 0.3 is 0 Å². The van der Waals surface area contributed by atoms with Crippen molar-refractivity contribution in [3.8, 4) is 5.75 Å². The van der Waals surface area contributed by atoms with E-state index in [0.29, 0.717) is 30.6 Å². The molecule has 84 valence electrons. The minimum absolute atomic E-state index is 0.511. The van der Waals surface area contributed by atoms with Crippen LogP contribution in [0.15, 0.2) is 18.2 Å². The van der Waals surface area contributed by atoms with Crippen LogP contribution in [0.25, 0.3) is 0 Å². The van der Waals surface area contributed by atoms with Crippen LogP contribution in [0.3, 0.4) is 0 Å². The highest BCUT2D eigenvalue weighted by Gasteiger charge is 2.00. The molecule has 4 heteroatoms. The summed E-state index contributed by atoms with van der Waals surface area (Å²) in [6, 6.07) is 5.70. The summed E-state index contributed by atoms with van der Waals surface area (Å²) in [6.45, 7) is 3.72. The fourth-order valence-corrected chi connectivity index (χ4v) is 1.40. The Morgan fingerprint density at radius 2 is 2.07 bits per heavy atom. The fourth-order valence-electron chi connectivity index (χ4n) is 1.10. The summed E-state index contributed by atoms with van der Waals surface area (Å²) in [5.74, 6) is 1.44. The van der Waals surface area contributed by atoms with Gasteiger partial charge in [-0.2, -0.15) is 12.6 Å². The van der Waals surface area contributed by atoms with Crippen LogP contribution in [-0.4, -0.2) is 25.6 Å². The van der Waals surface area contributed by atoms with Crippen LogP contribution >= 0.6 is 24.2 Å². The Kier molecular flexibility index (Phi) is 5.91. The number of rotatable bonds is 6. The molecule has 0 amide bonds. The maximum atomic E-state index is 5.96. The summed E-state index contributed by atoms with van der Waals surface area (Å²) in [4.78, 5) is 0. The van der Waals surface area contributed by atoms with Crippen LogP contribution in [0, 0.1) is 6.92 Å². The second-order valence-electron chi connectivity index (χ2n) is 3.12. The molecule has 1 aromatic carbocycles. The minimum Gasteiger partial charge on any atom is -0.490 e. The lowest BCUT2D eigenvalue weighted by atomic mass is 10.2. The molecular weight excluding hydrogens is 232 g/mol. The first-order valence-electron chi connectivity index (χ1n) is 4.81. The first-order chi connectivity index (χ1) is 7.24. The second kappa shape index (κ2) is 6.99. The zero-order valence-corrected chi connectivity index (χ0v) is 10.4. The Balaban J connectivity index is 2.33. The summed E-state index contributed by atoms with van der Waals surface area (Å²) in [5.41, 5.74) is 1.13. The normalized spacial score (nSPS) is 10.3. The van der Waals surface area contributed by atoms with E-state index in [2.05, 4.69) is 12.6 Å². The van der Waals surface area contributed by atoms with Crippen LogP contribution < -0.4 is 4.74 Å². The third-order valence-corrected chi connectivity index (χ3v) is 2.30. The van der Waals surface area contributed by atoms with Gasteiger partial charge < -0.3 is 9.47 Å². The van der Waals surface area contributed by atoms with Gasteiger partial charge in [0.15, 0.2) is 0 Å². The van der Waals surface area contributed by atoms with Crippen LogP contribution in [0.1, 0.15) is 5.56 Å². The van der Waals surface area contributed by atoms with Gasteiger partial charge in [0.2, 0.25) is 0 Å². The van der Waals surface area contributed by atoms with Crippen LogP contribution in [0.5, 0.6) is 5.75 Å². The molecule has 0 unspecified atom stereocenters. The van der Waals surface area contributed by atoms with Crippen LogP contribution in [0.2, 0.25) is 5.02 Å². The third-order valence-electron chi connectivity index (χ3n) is 1.81. The molecule has 0 aliphatic rings. The Labute approximate surface area is 101 Å². The number of hydrogen-bond donors (Lipinski definition) is 1. The zero-order chi connectivity index (χ0) is 11.1. The van der Waals surface area contributed by atoms with Gasteiger partial charge in [-0.05, 0) is 24.6 Å². The average Bonchev–Trinajstić information content (AvgIpc) is 2.23. The standard InChI is InChI=1S/C11H15ClO2S/c1-9-2-3-10(12)11(8-9)14-5-4-13-6-7-15/h2-3,8,15H,4-7H2,1H3. The number of hydrogen-bond acceptors (Lipinski definition) is 3. The number of benzene rings is 1. The average molecular weight is 247 g/mol. The van der Waals surface area contributed by atoms with Gasteiger partial charge in [0.05, 0.1) is 18.2 Å². The van der Waals surface area contributed by atoms with Gasteiger partial charge in [-0.1, -0.05) is 17.7 Å². The number of thiol groups is 1. The van der Waals surface area contributed by atoms with Gasteiger partial charge in [-0.3, -0.25) is 0 Å². The largest absolute Gasteiger partial charge is 0.490 e. The lowest BCUT2D eigenvalue weighted by Gasteiger charge is -2.08. The van der Waals surface area contributed by atoms with E-state index in [1.54, 1.807) is 0 Å². The molecule has 0 bridgehead atoms. The van der Waals surface area contributed by atoms with Crippen molar-refractivity contribution in [3.63, 3.8) is 0 Å². The summed E-state index contributed by atoms with van der Waals surface area (Å²) < 4.78 is 10.7. The van der Waals surface area contributed by atoms with Gasteiger partial charge in [0.25, 0.3) is 0 Å². The van der Waals surface area contributed by atoms with E-state index in [4.69, 9.17) is 21.1 Å². The highest BCUT2D eigenvalue weighted by atomic mass is 35.5. The first kappa shape index (κ1) is 12.7. The maximum Gasteiger partial charge on any atom is 0.138 e. The molecule has 0 aromatic heterocycles. The van der Waals surface area contributed by atoms with Crippen molar-refractivity contribution in [3.05, 3.63) is 28.8 Å². The van der Waals surface area contributed by atoms with Crippen molar-refractivity contribution < 1.29 is 9.47 Å². The summed E-state index contributed by atoms with van der Waals surface area (Å²) in [5, 5.41) is 0.634. The molecule has 0 aliphatic heterocycles. The van der Waals surface area contributed by atoms with E-state index in [-0.39, 0.29) is 0 Å². The van der Waals surface area contributed by atoms with E-state index in [9.17, 15) is 0 Å². The van der Waals surface area contributed by atoms with Gasteiger partial charge in [0.1, 0.15) is 12.4 Å². The van der Waals surface area contributed by atoms with E-state index in [1.165, 1.54) is 0 Å². The SMILES string of the molecule is Cc1ccc(Cl)c(OCCOCCS)c1. The molecule has 0 spiro atoms. The Bertz CT molecular complexity index is 305. The highest BCUT2D eigenvalue weighted by Crippen LogP contribution is 2.24. The predicted octanol–water partition coefficient (Wildman–Crippen LogP) is 2.97. The lowest BCUT2D eigenvalue weighted by molar-refractivity contribution is 0.112. The van der Waals surface area contributed by atoms with Gasteiger partial charge in [-0.25, -0.2) is 0 Å². The van der Waals surface area contributed by atoms with Crippen molar-refractivity contribution in [2.75, 3.05) is 25.6 Å². The molecule has 0 heterocycles. The van der Waals surface area contributed by atoms with Crippen LogP contribution in [0.4, 0.5) is 0 Å². The van der Waals surface area contributed by atoms with E-state index in [1.807, 2.05) is 25.1 Å². The van der Waals surface area contributed by atoms with Gasteiger partial charge in [-0.15, -0.1) is 0 Å². The molecule has 0 saturated carbocycles. The van der Waals surface area contributed by atoms with Crippen molar-refractivity contribution in [1.82, 2.24) is 0 Å². The molecular formula is C11H15ClO2S. The third kappa shape index (κ3) is 4.78. The second-order valence-corrected chi connectivity index (χ2v) is 3.97. The van der Waals surface area contributed by atoms with E-state index < -0.39 is 0 Å². The van der Waals surface area contributed by atoms with Crippen molar-refractivity contribution in [2.45, 2.75) is 6.92 Å². The zero-order valence-electron chi connectivity index (χ0n) is 8.70. The monoisotopic (exact) mass is 246 g/mol. The Hall–Kier alpha value is -0.380. The van der Waals surface area contributed by atoms with Crippen molar-refractivity contribution in [1.29, 1.82) is 0 Å². The number of halogens is 1. The summed E-state index contributed by atoms with van der Waals surface area (Å²) in [7, 11) is 0. The van der Waals surface area contributed by atoms with Crippen molar-refractivity contribution in [2.24, 2.45) is 0 Å². The summed E-state index contributed by atoms with van der Waals surface area (Å²) in [6.07, 6.45) is 0. The topological polar surface area (TPSA) is 18.5 Å². The Morgan fingerprint density at radius 1 is 1.27 bits per heavy atom. The fraction of sp³-hybridized carbons (Fsp3) is 0.455. The molecule has 0 fully saturated rings. The molecule has 0 saturated heterocycles. The quantitative estimate of drug-likeness (QED) is 0.615. The molecule has 1 rings (SSSR count). The molecule has 15 heavy (non-hydrogen) atoms. The van der Waals surface area contributed by atoms with E-state index >= 15 is 0 Å². The van der Waals surface area contributed by atoms with Crippen molar-refractivity contribution >= 4 is 24.2 Å². The molecule has 0 radical (unpaired) electrons. The first-order valence-corrected chi connectivity index (χ1v) is 5.82.